The third-order valence-corrected chi connectivity index (χ3v) is 6.87. The molecule has 6 nitrogen and oxygen atoms in total. The van der Waals surface area contributed by atoms with Gasteiger partial charge in [-0.2, -0.15) is 0 Å². The number of amides is 1. The summed E-state index contributed by atoms with van der Waals surface area (Å²) in [5.74, 6) is -0.646. The number of hydrogen-bond donors (Lipinski definition) is 4. The normalized spacial score (nSPS) is 28.8. The van der Waals surface area contributed by atoms with Crippen molar-refractivity contribution in [3.8, 4) is 0 Å². The van der Waals surface area contributed by atoms with Crippen molar-refractivity contribution in [2.24, 2.45) is 5.92 Å². The number of aryl methyl sites for hydroxylation is 2. The summed E-state index contributed by atoms with van der Waals surface area (Å²) in [5, 5.41) is 29.6. The fraction of sp³-hybridized carbons (Fsp3) is 0.429. The van der Waals surface area contributed by atoms with Crippen molar-refractivity contribution >= 4 is 40.3 Å². The fourth-order valence-electron chi connectivity index (χ4n) is 4.45. The SMILES string of the molecule is Cc1cc(C)cc(N2C(=S)N[C@H]3[C@@H](O)[C@H](O)C[C@@H](C(=O)NCc4cccs4)[C@H]32)c1. The van der Waals surface area contributed by atoms with Crippen molar-refractivity contribution in [3.05, 3.63) is 51.7 Å². The lowest BCUT2D eigenvalue weighted by atomic mass is 9.77. The van der Waals surface area contributed by atoms with E-state index in [9.17, 15) is 15.0 Å². The molecule has 154 valence electrons. The molecule has 1 aliphatic carbocycles. The van der Waals surface area contributed by atoms with E-state index >= 15 is 0 Å². The van der Waals surface area contributed by atoms with E-state index in [0.29, 0.717) is 11.7 Å². The van der Waals surface area contributed by atoms with Gasteiger partial charge >= 0.3 is 0 Å². The molecule has 0 bridgehead atoms. The number of nitrogens with one attached hydrogen (secondary N) is 2. The van der Waals surface area contributed by atoms with Gasteiger partial charge < -0.3 is 25.7 Å². The number of nitrogens with zero attached hydrogens (tertiary/aromatic N) is 1. The van der Waals surface area contributed by atoms with Gasteiger partial charge in [0.25, 0.3) is 0 Å². The second-order valence-corrected chi connectivity index (χ2v) is 9.30. The molecule has 1 aromatic carbocycles. The third kappa shape index (κ3) is 3.90. The van der Waals surface area contributed by atoms with Crippen molar-refractivity contribution in [3.63, 3.8) is 0 Å². The van der Waals surface area contributed by atoms with Crippen molar-refractivity contribution in [1.29, 1.82) is 0 Å². The molecule has 1 saturated heterocycles. The van der Waals surface area contributed by atoms with E-state index in [4.69, 9.17) is 12.2 Å². The minimum Gasteiger partial charge on any atom is -0.390 e. The molecular formula is C21H25N3O3S2. The average molecular weight is 432 g/mol. The summed E-state index contributed by atoms with van der Waals surface area (Å²) in [6.45, 7) is 4.49. The van der Waals surface area contributed by atoms with Crippen LogP contribution in [-0.2, 0) is 11.3 Å². The van der Waals surface area contributed by atoms with Crippen molar-refractivity contribution in [1.82, 2.24) is 10.6 Å². The van der Waals surface area contributed by atoms with Gasteiger partial charge in [-0.15, -0.1) is 11.3 Å². The first-order chi connectivity index (χ1) is 13.8. The molecule has 5 atom stereocenters. The lowest BCUT2D eigenvalue weighted by Gasteiger charge is -2.41. The van der Waals surface area contributed by atoms with Gasteiger partial charge in [-0.3, -0.25) is 4.79 Å². The second kappa shape index (κ2) is 8.02. The summed E-state index contributed by atoms with van der Waals surface area (Å²) in [6, 6.07) is 9.18. The predicted molar refractivity (Wildman–Crippen MR) is 118 cm³/mol. The van der Waals surface area contributed by atoms with Crippen LogP contribution in [0.5, 0.6) is 0 Å². The molecule has 2 aromatic rings. The maximum atomic E-state index is 13.1. The van der Waals surface area contributed by atoms with Crippen LogP contribution in [0.1, 0.15) is 22.4 Å². The van der Waals surface area contributed by atoms with Gasteiger partial charge in [-0.25, -0.2) is 0 Å². The highest BCUT2D eigenvalue weighted by atomic mass is 32.1. The number of fused-ring (bicyclic) bond motifs is 1. The number of aliphatic hydroxyl groups is 2. The van der Waals surface area contributed by atoms with Crippen molar-refractivity contribution in [2.75, 3.05) is 4.90 Å². The van der Waals surface area contributed by atoms with Gasteiger partial charge in [0, 0.05) is 10.6 Å². The Morgan fingerprint density at radius 3 is 2.69 bits per heavy atom. The molecule has 2 heterocycles. The third-order valence-electron chi connectivity index (χ3n) is 5.68. The van der Waals surface area contributed by atoms with Gasteiger partial charge in [-0.05, 0) is 67.2 Å². The molecule has 0 spiro atoms. The Balaban J connectivity index is 1.65. The number of hydrogen-bond acceptors (Lipinski definition) is 5. The predicted octanol–water partition coefficient (Wildman–Crippen LogP) is 1.85. The smallest absolute Gasteiger partial charge is 0.225 e. The largest absolute Gasteiger partial charge is 0.390 e. The van der Waals surface area contributed by atoms with Crippen LogP contribution in [0.3, 0.4) is 0 Å². The molecule has 0 unspecified atom stereocenters. The van der Waals surface area contributed by atoms with Gasteiger partial charge in [-0.1, -0.05) is 12.1 Å². The monoisotopic (exact) mass is 431 g/mol. The maximum Gasteiger partial charge on any atom is 0.225 e. The molecule has 8 heteroatoms. The molecule has 2 aliphatic rings. The molecular weight excluding hydrogens is 406 g/mol. The van der Waals surface area contributed by atoms with E-state index < -0.39 is 24.2 Å². The topological polar surface area (TPSA) is 84.8 Å². The first-order valence-electron chi connectivity index (χ1n) is 9.69. The van der Waals surface area contributed by atoms with E-state index in [1.807, 2.05) is 48.4 Å². The number of thiophene rings is 1. The second-order valence-electron chi connectivity index (χ2n) is 7.88. The highest BCUT2D eigenvalue weighted by Crippen LogP contribution is 2.37. The molecule has 1 aromatic heterocycles. The zero-order chi connectivity index (χ0) is 20.7. The van der Waals surface area contributed by atoms with Crippen molar-refractivity contribution < 1.29 is 15.0 Å². The molecule has 4 N–H and O–H groups in total. The highest BCUT2D eigenvalue weighted by Gasteiger charge is 2.53. The first-order valence-corrected chi connectivity index (χ1v) is 11.0. The lowest BCUT2D eigenvalue weighted by Crippen LogP contribution is -2.60. The van der Waals surface area contributed by atoms with Gasteiger partial charge in [0.2, 0.25) is 5.91 Å². The summed E-state index contributed by atoms with van der Waals surface area (Å²) < 4.78 is 0. The molecule has 29 heavy (non-hydrogen) atoms. The van der Waals surface area contributed by atoms with Crippen LogP contribution in [0.15, 0.2) is 35.7 Å². The van der Waals surface area contributed by atoms with Crippen LogP contribution < -0.4 is 15.5 Å². The first kappa shape index (κ1) is 20.3. The average Bonchev–Trinajstić information content (AvgIpc) is 3.29. The minimum atomic E-state index is -0.991. The number of benzene rings is 1. The molecule has 1 amide bonds. The maximum absolute atomic E-state index is 13.1. The number of carbonyl (C=O) groups is 1. The van der Waals surface area contributed by atoms with Crippen LogP contribution in [0, 0.1) is 19.8 Å². The van der Waals surface area contributed by atoms with E-state index in [1.165, 1.54) is 0 Å². The summed E-state index contributed by atoms with van der Waals surface area (Å²) in [7, 11) is 0. The molecule has 2 fully saturated rings. The zero-order valence-corrected chi connectivity index (χ0v) is 18.0. The van der Waals surface area contributed by atoms with Gasteiger partial charge in [0.15, 0.2) is 5.11 Å². The van der Waals surface area contributed by atoms with Gasteiger partial charge in [0.1, 0.15) is 6.10 Å². The number of aliphatic hydroxyl groups excluding tert-OH is 2. The van der Waals surface area contributed by atoms with Crippen LogP contribution in [0.2, 0.25) is 0 Å². The molecule has 1 saturated carbocycles. The Morgan fingerprint density at radius 2 is 2.03 bits per heavy atom. The van der Waals surface area contributed by atoms with E-state index in [2.05, 4.69) is 16.7 Å². The number of rotatable bonds is 4. The van der Waals surface area contributed by atoms with Gasteiger partial charge in [0.05, 0.1) is 30.7 Å². The number of anilines is 1. The fourth-order valence-corrected chi connectivity index (χ4v) is 5.46. The summed E-state index contributed by atoms with van der Waals surface area (Å²) in [6.07, 6.45) is -1.79. The Labute approximate surface area is 179 Å². The summed E-state index contributed by atoms with van der Waals surface area (Å²) in [5.41, 5.74) is 3.09. The Hall–Kier alpha value is -2.00. The zero-order valence-electron chi connectivity index (χ0n) is 16.3. The molecule has 1 aliphatic heterocycles. The highest BCUT2D eigenvalue weighted by molar-refractivity contribution is 7.80. The minimum absolute atomic E-state index is 0.139. The van der Waals surface area contributed by atoms with Crippen LogP contribution in [-0.4, -0.2) is 45.5 Å². The Bertz CT molecular complexity index is 898. The standard InChI is InChI=1S/C21H25N3O3S2/c1-11-6-12(2)8-13(7-11)24-18-15(20(27)22-10-14-4-3-5-29-14)9-16(25)19(26)17(18)23-21(24)28/h3-8,15-19,25-26H,9-10H2,1-2H3,(H,22,27)(H,23,28)/t15-,16-,17-,18-,19+/m1/s1. The Kier molecular flexibility index (Phi) is 5.61. The molecule has 4 rings (SSSR count). The molecule has 0 radical (unpaired) electrons. The van der Waals surface area contributed by atoms with E-state index in [1.54, 1.807) is 11.3 Å². The van der Waals surface area contributed by atoms with Crippen LogP contribution >= 0.6 is 23.6 Å². The quantitative estimate of drug-likeness (QED) is 0.553. The Morgan fingerprint density at radius 1 is 1.31 bits per heavy atom. The summed E-state index contributed by atoms with van der Waals surface area (Å²) >= 11 is 7.16. The number of thiocarbonyl (C=S) groups is 1. The van der Waals surface area contributed by atoms with Crippen LogP contribution in [0.25, 0.3) is 0 Å². The van der Waals surface area contributed by atoms with E-state index in [0.717, 1.165) is 21.7 Å². The van der Waals surface area contributed by atoms with Crippen LogP contribution in [0.4, 0.5) is 5.69 Å². The van der Waals surface area contributed by atoms with E-state index in [-0.39, 0.29) is 18.4 Å². The summed E-state index contributed by atoms with van der Waals surface area (Å²) in [4.78, 5) is 16.1. The number of carbonyl (C=O) groups excluding carboxylic acids is 1. The van der Waals surface area contributed by atoms with Crippen molar-refractivity contribution in [2.45, 2.75) is 51.1 Å². The lowest BCUT2D eigenvalue weighted by molar-refractivity contribution is -0.131.